The van der Waals surface area contributed by atoms with Crippen LogP contribution < -0.4 is 4.74 Å². The van der Waals surface area contributed by atoms with E-state index in [0.717, 1.165) is 10.7 Å². The van der Waals surface area contributed by atoms with Crippen LogP contribution in [0.15, 0.2) is 29.6 Å². The van der Waals surface area contributed by atoms with E-state index in [9.17, 15) is 14.9 Å². The van der Waals surface area contributed by atoms with Crippen molar-refractivity contribution in [3.05, 3.63) is 50.5 Å². The Morgan fingerprint density at radius 3 is 2.91 bits per heavy atom. The second-order valence-corrected chi connectivity index (χ2v) is 5.71. The van der Waals surface area contributed by atoms with Gasteiger partial charge in [0, 0.05) is 18.5 Å². The molecule has 2 rings (SSSR count). The monoisotopic (exact) mass is 321 g/mol. The van der Waals surface area contributed by atoms with E-state index >= 15 is 0 Å². The number of hydrogen-bond acceptors (Lipinski definition) is 6. The van der Waals surface area contributed by atoms with Gasteiger partial charge in [0.1, 0.15) is 5.75 Å². The lowest BCUT2D eigenvalue weighted by Crippen LogP contribution is -2.31. The molecule has 116 valence electrons. The normalized spacial score (nSPS) is 10.3. The van der Waals surface area contributed by atoms with Crippen molar-refractivity contribution < 1.29 is 14.5 Å². The summed E-state index contributed by atoms with van der Waals surface area (Å²) in [6, 6.07) is 5.74. The first-order chi connectivity index (χ1) is 10.5. The summed E-state index contributed by atoms with van der Waals surface area (Å²) in [5.74, 6) is 0.0672. The molecule has 0 saturated carbocycles. The van der Waals surface area contributed by atoms with E-state index in [4.69, 9.17) is 4.74 Å². The molecule has 8 heteroatoms. The first-order valence-electron chi connectivity index (χ1n) is 6.48. The van der Waals surface area contributed by atoms with Gasteiger partial charge in [-0.25, -0.2) is 4.98 Å². The quantitative estimate of drug-likeness (QED) is 0.602. The minimum Gasteiger partial charge on any atom is -0.484 e. The van der Waals surface area contributed by atoms with Gasteiger partial charge >= 0.3 is 0 Å². The van der Waals surface area contributed by atoms with Gasteiger partial charge in [-0.15, -0.1) is 11.3 Å². The number of benzene rings is 1. The van der Waals surface area contributed by atoms with Crippen molar-refractivity contribution in [1.29, 1.82) is 0 Å². The molecule has 1 amide bonds. The van der Waals surface area contributed by atoms with Crippen LogP contribution in [0.4, 0.5) is 5.69 Å². The maximum Gasteiger partial charge on any atom is 0.273 e. The van der Waals surface area contributed by atoms with Gasteiger partial charge in [-0.1, -0.05) is 6.07 Å². The average molecular weight is 321 g/mol. The summed E-state index contributed by atoms with van der Waals surface area (Å²) in [6.45, 7) is 2.13. The van der Waals surface area contributed by atoms with Gasteiger partial charge in [0.2, 0.25) is 0 Å². The van der Waals surface area contributed by atoms with Crippen LogP contribution in [0.5, 0.6) is 5.75 Å². The summed E-state index contributed by atoms with van der Waals surface area (Å²) in [4.78, 5) is 28.0. The second-order valence-electron chi connectivity index (χ2n) is 4.65. The molecule has 0 spiro atoms. The number of likely N-dealkylation sites (N-methyl/N-ethyl adjacent to an activating group) is 1. The van der Waals surface area contributed by atoms with Crippen LogP contribution in [-0.2, 0) is 11.3 Å². The number of aromatic nitrogens is 1. The number of hydrogen-bond donors (Lipinski definition) is 0. The number of nitro benzene ring substituents is 1. The van der Waals surface area contributed by atoms with Crippen molar-refractivity contribution >= 4 is 22.9 Å². The van der Waals surface area contributed by atoms with E-state index in [0.29, 0.717) is 12.3 Å². The minimum absolute atomic E-state index is 0.0729. The summed E-state index contributed by atoms with van der Waals surface area (Å²) < 4.78 is 5.31. The van der Waals surface area contributed by atoms with Crippen LogP contribution in [0.1, 0.15) is 10.7 Å². The van der Waals surface area contributed by atoms with Crippen LogP contribution in [0, 0.1) is 17.0 Å². The average Bonchev–Trinajstić information content (AvgIpc) is 2.90. The summed E-state index contributed by atoms with van der Waals surface area (Å²) in [7, 11) is 1.66. The van der Waals surface area contributed by atoms with E-state index in [1.165, 1.54) is 34.4 Å². The zero-order valence-corrected chi connectivity index (χ0v) is 13.0. The van der Waals surface area contributed by atoms with E-state index in [1.807, 2.05) is 12.3 Å². The van der Waals surface area contributed by atoms with Crippen molar-refractivity contribution in [2.75, 3.05) is 13.7 Å². The fourth-order valence-electron chi connectivity index (χ4n) is 1.75. The number of aryl methyl sites for hydroxylation is 1. The molecule has 22 heavy (non-hydrogen) atoms. The highest BCUT2D eigenvalue weighted by atomic mass is 32.1. The fourth-order valence-corrected chi connectivity index (χ4v) is 2.36. The summed E-state index contributed by atoms with van der Waals surface area (Å²) >= 11 is 1.53. The molecule has 0 aliphatic carbocycles. The standard InChI is InChI=1S/C14H15N3O4S/c1-10-15-11(9-22-10)7-16(2)14(18)8-21-13-5-3-4-12(6-13)17(19)20/h3-6,9H,7-8H2,1-2H3. The molecular weight excluding hydrogens is 306 g/mol. The van der Waals surface area contributed by atoms with Crippen molar-refractivity contribution in [1.82, 2.24) is 9.88 Å². The predicted molar refractivity (Wildman–Crippen MR) is 81.9 cm³/mol. The van der Waals surface area contributed by atoms with Gasteiger partial charge in [-0.3, -0.25) is 14.9 Å². The Morgan fingerprint density at radius 2 is 2.27 bits per heavy atom. The number of ether oxygens (including phenoxy) is 1. The number of amides is 1. The lowest BCUT2D eigenvalue weighted by atomic mass is 10.3. The van der Waals surface area contributed by atoms with Gasteiger partial charge in [-0.2, -0.15) is 0 Å². The van der Waals surface area contributed by atoms with Gasteiger partial charge in [0.15, 0.2) is 6.61 Å². The number of carbonyl (C=O) groups is 1. The second kappa shape index (κ2) is 6.99. The fraction of sp³-hybridized carbons (Fsp3) is 0.286. The number of carbonyl (C=O) groups excluding carboxylic acids is 1. The van der Waals surface area contributed by atoms with Gasteiger partial charge < -0.3 is 9.64 Å². The Labute approximate surface area is 131 Å². The van der Waals surface area contributed by atoms with E-state index < -0.39 is 4.92 Å². The Kier molecular flexibility index (Phi) is 5.05. The Bertz CT molecular complexity index is 686. The molecule has 0 atom stereocenters. The first-order valence-corrected chi connectivity index (χ1v) is 7.36. The molecule has 0 N–H and O–H groups in total. The summed E-state index contributed by atoms with van der Waals surface area (Å²) in [5, 5.41) is 13.5. The van der Waals surface area contributed by atoms with Crippen LogP contribution in [0.25, 0.3) is 0 Å². The molecular formula is C14H15N3O4S. The molecule has 1 aromatic carbocycles. The number of non-ortho nitro benzene ring substituents is 1. The summed E-state index contributed by atoms with van der Waals surface area (Å²) in [6.07, 6.45) is 0. The Hall–Kier alpha value is -2.48. The van der Waals surface area contributed by atoms with Crippen LogP contribution in [0.2, 0.25) is 0 Å². The van der Waals surface area contributed by atoms with Crippen LogP contribution in [0.3, 0.4) is 0 Å². The zero-order chi connectivity index (χ0) is 16.1. The molecule has 0 aliphatic rings. The van der Waals surface area contributed by atoms with Crippen molar-refractivity contribution in [3.8, 4) is 5.75 Å². The lowest BCUT2D eigenvalue weighted by molar-refractivity contribution is -0.384. The van der Waals surface area contributed by atoms with Crippen LogP contribution in [-0.4, -0.2) is 34.4 Å². The predicted octanol–water partition coefficient (Wildman–Crippen LogP) is 2.40. The van der Waals surface area contributed by atoms with Crippen LogP contribution >= 0.6 is 11.3 Å². The van der Waals surface area contributed by atoms with Gasteiger partial charge in [0.05, 0.1) is 28.2 Å². The van der Waals surface area contributed by atoms with E-state index in [1.54, 1.807) is 13.1 Å². The number of nitrogens with zero attached hydrogens (tertiary/aromatic N) is 3. The zero-order valence-electron chi connectivity index (χ0n) is 12.2. The molecule has 2 aromatic rings. The highest BCUT2D eigenvalue weighted by Crippen LogP contribution is 2.19. The molecule has 0 fully saturated rings. The molecule has 0 aliphatic heterocycles. The van der Waals surface area contributed by atoms with E-state index in [2.05, 4.69) is 4.98 Å². The van der Waals surface area contributed by atoms with Crippen molar-refractivity contribution in [2.45, 2.75) is 13.5 Å². The number of rotatable bonds is 6. The molecule has 1 heterocycles. The third-order valence-electron chi connectivity index (χ3n) is 2.88. The first kappa shape index (κ1) is 15.9. The molecule has 0 radical (unpaired) electrons. The molecule has 7 nitrogen and oxygen atoms in total. The third kappa shape index (κ3) is 4.26. The largest absolute Gasteiger partial charge is 0.484 e. The van der Waals surface area contributed by atoms with Gasteiger partial charge in [0.25, 0.3) is 11.6 Å². The smallest absolute Gasteiger partial charge is 0.273 e. The number of thiazole rings is 1. The maximum absolute atomic E-state index is 12.0. The van der Waals surface area contributed by atoms with Crippen molar-refractivity contribution in [2.24, 2.45) is 0 Å². The lowest BCUT2D eigenvalue weighted by Gasteiger charge is -2.16. The Balaban J connectivity index is 1.89. The van der Waals surface area contributed by atoms with Crippen molar-refractivity contribution in [3.63, 3.8) is 0 Å². The van der Waals surface area contributed by atoms with Gasteiger partial charge in [-0.05, 0) is 13.0 Å². The number of nitro groups is 1. The molecule has 0 bridgehead atoms. The maximum atomic E-state index is 12.0. The molecule has 0 saturated heterocycles. The minimum atomic E-state index is -0.509. The van der Waals surface area contributed by atoms with E-state index in [-0.39, 0.29) is 18.2 Å². The highest BCUT2D eigenvalue weighted by molar-refractivity contribution is 7.09. The SMILES string of the molecule is Cc1nc(CN(C)C(=O)COc2cccc([N+](=O)[O-])c2)cs1. The highest BCUT2D eigenvalue weighted by Gasteiger charge is 2.13. The summed E-state index contributed by atoms with van der Waals surface area (Å²) in [5.41, 5.74) is 0.755. The topological polar surface area (TPSA) is 85.6 Å². The Morgan fingerprint density at radius 1 is 1.50 bits per heavy atom. The molecule has 0 unspecified atom stereocenters. The third-order valence-corrected chi connectivity index (χ3v) is 3.70. The molecule has 1 aromatic heterocycles.